The zero-order chi connectivity index (χ0) is 35.7. The second kappa shape index (κ2) is 17.4. The number of likely N-dealkylation sites (N-methyl/N-ethyl adjacent to an activating group) is 1. The minimum Gasteiger partial charge on any atom is -0.497 e. The van der Waals surface area contributed by atoms with Crippen LogP contribution in [-0.2, 0) is 32.6 Å². The number of carbonyl (C=O) groups is 2. The number of hydrogen-bond donors (Lipinski definition) is 0. The van der Waals surface area contributed by atoms with Crippen LogP contribution >= 0.6 is 0 Å². The summed E-state index contributed by atoms with van der Waals surface area (Å²) < 4.78 is 23.3. The van der Waals surface area contributed by atoms with Crippen LogP contribution in [0.1, 0.15) is 74.1 Å². The highest BCUT2D eigenvalue weighted by Crippen LogP contribution is 2.52. The number of aryl methyl sites for hydroxylation is 3. The quantitative estimate of drug-likeness (QED) is 0.123. The first-order valence-electron chi connectivity index (χ1n) is 18.3. The van der Waals surface area contributed by atoms with E-state index in [1.54, 1.807) is 7.11 Å². The van der Waals surface area contributed by atoms with Crippen molar-refractivity contribution >= 4 is 11.9 Å². The van der Waals surface area contributed by atoms with Crippen molar-refractivity contribution in [3.05, 3.63) is 89.0 Å². The van der Waals surface area contributed by atoms with Crippen molar-refractivity contribution in [1.29, 1.82) is 0 Å². The van der Waals surface area contributed by atoms with Crippen LogP contribution in [0.2, 0.25) is 0 Å². The molecule has 1 aliphatic carbocycles. The molecule has 1 saturated carbocycles. The molecule has 4 unspecified atom stereocenters. The molecule has 8 heteroatoms. The van der Waals surface area contributed by atoms with Gasteiger partial charge in [-0.3, -0.25) is 9.59 Å². The molecule has 0 radical (unpaired) electrons. The van der Waals surface area contributed by atoms with Gasteiger partial charge in [-0.2, -0.15) is 0 Å². The SMILES string of the molecule is COc1cccc(CCc2ccccc2OCC(CN(C)C)OC(=O)CCC(=O)Oc2ccc(C)c(C34CCCCC3C(C)N(C)CC4)c2)c1. The van der Waals surface area contributed by atoms with E-state index in [0.717, 1.165) is 42.9 Å². The molecule has 50 heavy (non-hydrogen) atoms. The number of piperidine rings is 1. The smallest absolute Gasteiger partial charge is 0.311 e. The van der Waals surface area contributed by atoms with Crippen LogP contribution < -0.4 is 14.2 Å². The average Bonchev–Trinajstić information content (AvgIpc) is 3.11. The van der Waals surface area contributed by atoms with Crippen LogP contribution in [0.3, 0.4) is 0 Å². The van der Waals surface area contributed by atoms with Crippen LogP contribution in [0.15, 0.2) is 66.7 Å². The minimum absolute atomic E-state index is 0.0553. The first-order chi connectivity index (χ1) is 24.1. The summed E-state index contributed by atoms with van der Waals surface area (Å²) in [6, 6.07) is 22.6. The lowest BCUT2D eigenvalue weighted by Gasteiger charge is -2.54. The second-order valence-electron chi connectivity index (χ2n) is 14.6. The summed E-state index contributed by atoms with van der Waals surface area (Å²) in [4.78, 5) is 30.4. The number of methoxy groups -OCH3 is 1. The Kier molecular flexibility index (Phi) is 13.0. The minimum atomic E-state index is -0.501. The summed E-state index contributed by atoms with van der Waals surface area (Å²) in [6.45, 7) is 6.30. The third-order valence-corrected chi connectivity index (χ3v) is 10.9. The van der Waals surface area contributed by atoms with E-state index in [0.29, 0.717) is 24.3 Å². The molecule has 4 atom stereocenters. The summed E-state index contributed by atoms with van der Waals surface area (Å²) in [5.41, 5.74) is 4.95. The Balaban J connectivity index is 1.15. The summed E-state index contributed by atoms with van der Waals surface area (Å²) in [5, 5.41) is 0. The van der Waals surface area contributed by atoms with Crippen LogP contribution in [-0.4, -0.2) is 81.8 Å². The molecule has 3 aromatic rings. The maximum Gasteiger partial charge on any atom is 0.311 e. The van der Waals surface area contributed by atoms with Crippen LogP contribution in [0.25, 0.3) is 0 Å². The number of fused-ring (bicyclic) bond motifs is 1. The molecule has 1 heterocycles. The zero-order valence-corrected chi connectivity index (χ0v) is 30.9. The molecule has 5 rings (SSSR count). The maximum absolute atomic E-state index is 13.0. The lowest BCUT2D eigenvalue weighted by Crippen LogP contribution is -2.55. The van der Waals surface area contributed by atoms with Gasteiger partial charge < -0.3 is 28.7 Å². The number of para-hydroxylation sites is 1. The fourth-order valence-corrected chi connectivity index (χ4v) is 8.14. The fourth-order valence-electron chi connectivity index (χ4n) is 8.14. The molecule has 0 aromatic heterocycles. The van der Waals surface area contributed by atoms with Gasteiger partial charge in [0.1, 0.15) is 30.0 Å². The predicted octanol–water partition coefficient (Wildman–Crippen LogP) is 7.18. The first-order valence-corrected chi connectivity index (χ1v) is 18.3. The first kappa shape index (κ1) is 37.4. The molecule has 0 amide bonds. The summed E-state index contributed by atoms with van der Waals surface area (Å²) in [5.74, 6) is 1.87. The highest BCUT2D eigenvalue weighted by atomic mass is 16.6. The van der Waals surface area contributed by atoms with Crippen molar-refractivity contribution in [2.45, 2.75) is 89.2 Å². The molecule has 270 valence electrons. The lowest BCUT2D eigenvalue weighted by atomic mass is 9.56. The highest BCUT2D eigenvalue weighted by Gasteiger charge is 2.48. The second-order valence-corrected chi connectivity index (χ2v) is 14.6. The predicted molar refractivity (Wildman–Crippen MR) is 197 cm³/mol. The van der Waals surface area contributed by atoms with Gasteiger partial charge in [0, 0.05) is 18.0 Å². The van der Waals surface area contributed by atoms with Crippen LogP contribution in [0.4, 0.5) is 0 Å². The fraction of sp³-hybridized carbons (Fsp3) is 0.524. The van der Waals surface area contributed by atoms with Crippen molar-refractivity contribution in [3.63, 3.8) is 0 Å². The average molecular weight is 685 g/mol. The van der Waals surface area contributed by atoms with Gasteiger partial charge in [-0.05, 0) is 132 Å². The van der Waals surface area contributed by atoms with Crippen molar-refractivity contribution in [2.75, 3.05) is 47.9 Å². The maximum atomic E-state index is 13.0. The Morgan fingerprint density at radius 2 is 1.74 bits per heavy atom. The van der Waals surface area contributed by atoms with Gasteiger partial charge in [-0.15, -0.1) is 0 Å². The molecular weight excluding hydrogens is 628 g/mol. The van der Waals surface area contributed by atoms with E-state index in [-0.39, 0.29) is 24.9 Å². The summed E-state index contributed by atoms with van der Waals surface area (Å²) in [6.07, 6.45) is 7.04. The summed E-state index contributed by atoms with van der Waals surface area (Å²) in [7, 11) is 7.77. The monoisotopic (exact) mass is 684 g/mol. The van der Waals surface area contributed by atoms with E-state index >= 15 is 0 Å². The van der Waals surface area contributed by atoms with Gasteiger partial charge in [0.2, 0.25) is 0 Å². The largest absolute Gasteiger partial charge is 0.497 e. The molecule has 8 nitrogen and oxygen atoms in total. The van der Waals surface area contributed by atoms with Gasteiger partial charge in [0.25, 0.3) is 0 Å². The van der Waals surface area contributed by atoms with Gasteiger partial charge in [0.15, 0.2) is 0 Å². The number of esters is 2. The number of carbonyl (C=O) groups excluding carboxylic acids is 2. The van der Waals surface area contributed by atoms with Crippen molar-refractivity contribution < 1.29 is 28.5 Å². The Morgan fingerprint density at radius 1 is 0.940 bits per heavy atom. The third kappa shape index (κ3) is 9.46. The Labute approximate surface area is 299 Å². The number of ether oxygens (including phenoxy) is 4. The molecule has 2 fully saturated rings. The van der Waals surface area contributed by atoms with Gasteiger partial charge in [0.05, 0.1) is 20.0 Å². The van der Waals surface area contributed by atoms with E-state index < -0.39 is 18.0 Å². The molecule has 2 aliphatic rings. The molecule has 0 spiro atoms. The topological polar surface area (TPSA) is 77.5 Å². The number of rotatable bonds is 15. The van der Waals surface area contributed by atoms with Crippen molar-refractivity contribution in [2.24, 2.45) is 5.92 Å². The van der Waals surface area contributed by atoms with Gasteiger partial charge in [-0.25, -0.2) is 0 Å². The summed E-state index contributed by atoms with van der Waals surface area (Å²) >= 11 is 0. The van der Waals surface area contributed by atoms with Crippen LogP contribution in [0.5, 0.6) is 17.2 Å². The van der Waals surface area contributed by atoms with Gasteiger partial charge >= 0.3 is 11.9 Å². The molecule has 1 saturated heterocycles. The van der Waals surface area contributed by atoms with E-state index in [1.165, 1.54) is 42.4 Å². The Bertz CT molecular complexity index is 1590. The number of nitrogens with zero attached hydrogens (tertiary/aromatic N) is 2. The number of likely N-dealkylation sites (tertiary alicyclic amines) is 1. The molecule has 0 N–H and O–H groups in total. The van der Waals surface area contributed by atoms with E-state index in [9.17, 15) is 9.59 Å². The normalized spacial score (nSPS) is 21.3. The number of benzene rings is 3. The Morgan fingerprint density at radius 3 is 2.54 bits per heavy atom. The van der Waals surface area contributed by atoms with Crippen molar-refractivity contribution in [1.82, 2.24) is 9.80 Å². The van der Waals surface area contributed by atoms with E-state index in [2.05, 4.69) is 50.1 Å². The standard InChI is InChI=1S/C42H56N2O6/c1-30-17-20-35(27-38(30)42-23-10-9-15-37(42)31(2)44(5)25-24-42)49-40(45)21-22-41(46)50-36(28-43(3)4)29-48-39-16-8-7-13-33(39)19-18-32-12-11-14-34(26-32)47-6/h7-8,11-14,16-17,20,26-27,31,36-37H,9-10,15,18-19,21-25,28-29H2,1-6H3. The Hall–Kier alpha value is -3.88. The molecule has 0 bridgehead atoms. The zero-order valence-electron chi connectivity index (χ0n) is 30.9. The van der Waals surface area contributed by atoms with Crippen LogP contribution in [0, 0.1) is 12.8 Å². The highest BCUT2D eigenvalue weighted by molar-refractivity contribution is 5.79. The lowest BCUT2D eigenvalue weighted by molar-refractivity contribution is -0.153. The molecular formula is C42H56N2O6. The molecule has 1 aliphatic heterocycles. The van der Waals surface area contributed by atoms with E-state index in [1.807, 2.05) is 61.5 Å². The van der Waals surface area contributed by atoms with Gasteiger partial charge in [-0.1, -0.05) is 49.2 Å². The third-order valence-electron chi connectivity index (χ3n) is 10.9. The van der Waals surface area contributed by atoms with Crippen molar-refractivity contribution in [3.8, 4) is 17.2 Å². The molecule has 3 aromatic carbocycles. The van der Waals surface area contributed by atoms with E-state index in [4.69, 9.17) is 18.9 Å². The number of hydrogen-bond acceptors (Lipinski definition) is 8.